The van der Waals surface area contributed by atoms with Gasteiger partial charge in [-0.1, -0.05) is 30.7 Å². The summed E-state index contributed by atoms with van der Waals surface area (Å²) >= 11 is 0. The average molecular weight is 459 g/mol. The van der Waals surface area contributed by atoms with Gasteiger partial charge in [-0.25, -0.2) is 8.42 Å². The van der Waals surface area contributed by atoms with E-state index in [-0.39, 0.29) is 23.9 Å². The van der Waals surface area contributed by atoms with Gasteiger partial charge in [0, 0.05) is 30.9 Å². The largest absolute Gasteiger partial charge is 0.392 e. The third-order valence-electron chi connectivity index (χ3n) is 5.00. The lowest BCUT2D eigenvalue weighted by Gasteiger charge is -2.25. The minimum Gasteiger partial charge on any atom is -0.392 e. The number of hydrogen-bond acceptors (Lipinski definition) is 6. The molecule has 1 atom stereocenters. The number of amidine groups is 1. The summed E-state index contributed by atoms with van der Waals surface area (Å²) in [5.41, 5.74) is 1.19. The number of benzene rings is 2. The van der Waals surface area contributed by atoms with Crippen molar-refractivity contribution in [1.82, 2.24) is 4.72 Å². The Morgan fingerprint density at radius 3 is 2.66 bits per heavy atom. The summed E-state index contributed by atoms with van der Waals surface area (Å²) in [5.74, 6) is 0.165. The number of aliphatic hydroxyl groups is 1. The molecular formula is C23H30N4O4S. The molecule has 3 N–H and O–H groups in total. The number of para-hydroxylation sites is 1. The van der Waals surface area contributed by atoms with Gasteiger partial charge in [0.15, 0.2) is 0 Å². The third kappa shape index (κ3) is 7.06. The van der Waals surface area contributed by atoms with Gasteiger partial charge in [0.2, 0.25) is 5.91 Å². The molecule has 0 saturated heterocycles. The van der Waals surface area contributed by atoms with E-state index < -0.39 is 16.1 Å². The number of nitrogens with zero attached hydrogens (tertiary/aromatic N) is 2. The first-order valence-electron chi connectivity index (χ1n) is 10.8. The molecule has 0 saturated carbocycles. The molecule has 1 heterocycles. The Hall–Kier alpha value is -2.91. The normalized spacial score (nSPS) is 15.2. The van der Waals surface area contributed by atoms with Gasteiger partial charge in [0.25, 0.3) is 10.0 Å². The standard InChI is InChI=1S/C23H30N4O4S/c1-18(28)16-27(20-10-4-2-5-11-20)17-23(29)25-19-9-8-12-21(15-19)32(30,31)26-22-13-6-3-7-14-24-22/h2,4-5,8-12,15,18,28H,3,6-7,13-14,16-17H2,1H3,(H,24,26)(H,25,29). The van der Waals surface area contributed by atoms with Crippen molar-refractivity contribution in [3.63, 3.8) is 0 Å². The van der Waals surface area contributed by atoms with Gasteiger partial charge in [0.05, 0.1) is 17.5 Å². The van der Waals surface area contributed by atoms with E-state index in [0.29, 0.717) is 24.5 Å². The van der Waals surface area contributed by atoms with Gasteiger partial charge in [-0.05, 0) is 50.1 Å². The Morgan fingerprint density at radius 1 is 1.12 bits per heavy atom. The smallest absolute Gasteiger partial charge is 0.262 e. The first-order chi connectivity index (χ1) is 15.3. The molecule has 2 aromatic rings. The van der Waals surface area contributed by atoms with Crippen molar-refractivity contribution in [3.8, 4) is 0 Å². The summed E-state index contributed by atoms with van der Waals surface area (Å²) in [5, 5.41) is 12.6. The van der Waals surface area contributed by atoms with Crippen LogP contribution in [0, 0.1) is 0 Å². The molecule has 0 radical (unpaired) electrons. The topological polar surface area (TPSA) is 111 Å². The number of nitrogens with one attached hydrogen (secondary N) is 2. The molecule has 3 rings (SSSR count). The van der Waals surface area contributed by atoms with Gasteiger partial charge < -0.3 is 15.3 Å². The van der Waals surface area contributed by atoms with Gasteiger partial charge in [0.1, 0.15) is 5.84 Å². The number of amides is 1. The fourth-order valence-electron chi connectivity index (χ4n) is 3.51. The zero-order chi connectivity index (χ0) is 23.0. The van der Waals surface area contributed by atoms with E-state index in [2.05, 4.69) is 15.0 Å². The molecule has 0 spiro atoms. The maximum atomic E-state index is 12.8. The zero-order valence-corrected chi connectivity index (χ0v) is 19.0. The molecule has 172 valence electrons. The minimum atomic E-state index is -3.79. The summed E-state index contributed by atoms with van der Waals surface area (Å²) in [6.45, 7) is 2.59. The first kappa shape index (κ1) is 23.7. The lowest BCUT2D eigenvalue weighted by Crippen LogP contribution is -2.37. The van der Waals surface area contributed by atoms with E-state index in [9.17, 15) is 18.3 Å². The highest BCUT2D eigenvalue weighted by Gasteiger charge is 2.19. The Labute approximate surface area is 189 Å². The van der Waals surface area contributed by atoms with Crippen molar-refractivity contribution in [3.05, 3.63) is 54.6 Å². The van der Waals surface area contributed by atoms with Crippen molar-refractivity contribution in [2.24, 2.45) is 4.99 Å². The molecule has 1 unspecified atom stereocenters. The van der Waals surface area contributed by atoms with Crippen molar-refractivity contribution in [1.29, 1.82) is 0 Å². The predicted molar refractivity (Wildman–Crippen MR) is 126 cm³/mol. The predicted octanol–water partition coefficient (Wildman–Crippen LogP) is 2.76. The van der Waals surface area contributed by atoms with Crippen LogP contribution in [0.4, 0.5) is 11.4 Å². The lowest BCUT2D eigenvalue weighted by molar-refractivity contribution is -0.115. The number of rotatable bonds is 8. The fraction of sp³-hybridized carbons (Fsp3) is 0.391. The molecule has 0 aliphatic carbocycles. The van der Waals surface area contributed by atoms with Gasteiger partial charge in [-0.3, -0.25) is 14.5 Å². The van der Waals surface area contributed by atoms with Crippen molar-refractivity contribution in [2.75, 3.05) is 29.9 Å². The number of sulfonamides is 1. The van der Waals surface area contributed by atoms with E-state index in [4.69, 9.17) is 0 Å². The van der Waals surface area contributed by atoms with Crippen LogP contribution in [0.3, 0.4) is 0 Å². The van der Waals surface area contributed by atoms with Crippen molar-refractivity contribution >= 4 is 33.1 Å². The lowest BCUT2D eigenvalue weighted by atomic mass is 10.2. The van der Waals surface area contributed by atoms with Crippen molar-refractivity contribution < 1.29 is 18.3 Å². The van der Waals surface area contributed by atoms with E-state index in [1.807, 2.05) is 30.3 Å². The monoisotopic (exact) mass is 458 g/mol. The SMILES string of the molecule is CC(O)CN(CC(=O)Nc1cccc(S(=O)(=O)NC2=NCCCCC2)c1)c1ccccc1. The highest BCUT2D eigenvalue weighted by molar-refractivity contribution is 7.90. The summed E-state index contributed by atoms with van der Waals surface area (Å²) in [6.07, 6.45) is 2.89. The van der Waals surface area contributed by atoms with Crippen molar-refractivity contribution in [2.45, 2.75) is 43.6 Å². The van der Waals surface area contributed by atoms with E-state index in [1.165, 1.54) is 12.1 Å². The molecule has 8 nitrogen and oxygen atoms in total. The molecule has 32 heavy (non-hydrogen) atoms. The quantitative estimate of drug-likeness (QED) is 0.563. The number of aliphatic imine (C=N–C) groups is 1. The summed E-state index contributed by atoms with van der Waals surface area (Å²) in [7, 11) is -3.79. The second-order valence-corrected chi connectivity index (χ2v) is 9.57. The van der Waals surface area contributed by atoms with Crippen LogP contribution in [-0.2, 0) is 14.8 Å². The maximum Gasteiger partial charge on any atom is 0.262 e. The van der Waals surface area contributed by atoms with E-state index in [1.54, 1.807) is 24.0 Å². The molecule has 9 heteroatoms. The van der Waals surface area contributed by atoms with Crippen LogP contribution in [0.25, 0.3) is 0 Å². The number of hydrogen-bond donors (Lipinski definition) is 3. The van der Waals surface area contributed by atoms with Crippen LogP contribution in [-0.4, -0.2) is 51.0 Å². The molecule has 0 aromatic heterocycles. The van der Waals surface area contributed by atoms with Gasteiger partial charge >= 0.3 is 0 Å². The summed E-state index contributed by atoms with van der Waals surface area (Å²) in [4.78, 5) is 18.8. The second kappa shape index (κ2) is 11.1. The molecular weight excluding hydrogens is 428 g/mol. The summed E-state index contributed by atoms with van der Waals surface area (Å²) in [6, 6.07) is 15.5. The number of aliphatic hydroxyl groups excluding tert-OH is 1. The number of carbonyl (C=O) groups excluding carboxylic acids is 1. The molecule has 1 amide bonds. The molecule has 0 bridgehead atoms. The zero-order valence-electron chi connectivity index (χ0n) is 18.2. The first-order valence-corrected chi connectivity index (χ1v) is 12.3. The van der Waals surface area contributed by atoms with Crippen LogP contribution in [0.2, 0.25) is 0 Å². The Balaban J connectivity index is 1.69. The number of anilines is 2. The van der Waals surface area contributed by atoms with Crippen LogP contribution in [0.15, 0.2) is 64.5 Å². The molecule has 0 fully saturated rings. The van der Waals surface area contributed by atoms with Crippen LogP contribution < -0.4 is 14.9 Å². The minimum absolute atomic E-state index is 0.0148. The maximum absolute atomic E-state index is 12.8. The van der Waals surface area contributed by atoms with E-state index in [0.717, 1.165) is 24.9 Å². The highest BCUT2D eigenvalue weighted by Crippen LogP contribution is 2.18. The molecule has 1 aliphatic rings. The Bertz CT molecular complexity index is 1040. The highest BCUT2D eigenvalue weighted by atomic mass is 32.2. The van der Waals surface area contributed by atoms with Crippen LogP contribution in [0.1, 0.15) is 32.6 Å². The average Bonchev–Trinajstić information content (AvgIpc) is 3.02. The Morgan fingerprint density at radius 2 is 1.91 bits per heavy atom. The summed E-state index contributed by atoms with van der Waals surface area (Å²) < 4.78 is 28.2. The van der Waals surface area contributed by atoms with Crippen LogP contribution in [0.5, 0.6) is 0 Å². The molecule has 1 aliphatic heterocycles. The van der Waals surface area contributed by atoms with Gasteiger partial charge in [-0.2, -0.15) is 0 Å². The second-order valence-electron chi connectivity index (χ2n) is 7.89. The van der Waals surface area contributed by atoms with Gasteiger partial charge in [-0.15, -0.1) is 0 Å². The van der Waals surface area contributed by atoms with Crippen LogP contribution >= 0.6 is 0 Å². The fourth-order valence-corrected chi connectivity index (χ4v) is 4.64. The Kier molecular flexibility index (Phi) is 8.24. The van der Waals surface area contributed by atoms with E-state index >= 15 is 0 Å². The number of carbonyl (C=O) groups is 1. The third-order valence-corrected chi connectivity index (χ3v) is 6.37. The molecule has 2 aromatic carbocycles.